The lowest BCUT2D eigenvalue weighted by molar-refractivity contribution is 0.513. The Labute approximate surface area is 119 Å². The van der Waals surface area contributed by atoms with Gasteiger partial charge >= 0.3 is 0 Å². The number of halogens is 1. The summed E-state index contributed by atoms with van der Waals surface area (Å²) in [5, 5.41) is 0. The fourth-order valence-corrected chi connectivity index (χ4v) is 2.57. The number of nitrogen functional groups attached to an aromatic ring is 1. The van der Waals surface area contributed by atoms with Gasteiger partial charge in [0.25, 0.3) is 0 Å². The first-order chi connectivity index (χ1) is 9.15. The van der Waals surface area contributed by atoms with Crippen LogP contribution in [-0.4, -0.2) is 4.98 Å². The Morgan fingerprint density at radius 3 is 2.68 bits per heavy atom. The predicted octanol–water partition coefficient (Wildman–Crippen LogP) is 4.32. The van der Waals surface area contributed by atoms with Gasteiger partial charge in [-0.1, -0.05) is 46.3 Å². The van der Waals surface area contributed by atoms with Crippen LogP contribution < -0.4 is 5.73 Å². The van der Waals surface area contributed by atoms with Crippen LogP contribution in [-0.2, 0) is 0 Å². The Bertz CT molecular complexity index is 722. The Balaban J connectivity index is 2.09. The molecule has 0 bridgehead atoms. The third-order valence-electron chi connectivity index (χ3n) is 3.17. The van der Waals surface area contributed by atoms with E-state index in [-0.39, 0.29) is 5.92 Å². The van der Waals surface area contributed by atoms with Crippen molar-refractivity contribution in [1.82, 2.24) is 4.98 Å². The van der Waals surface area contributed by atoms with Crippen LogP contribution in [0, 0.1) is 0 Å². The summed E-state index contributed by atoms with van der Waals surface area (Å²) in [6, 6.07) is 13.9. The summed E-state index contributed by atoms with van der Waals surface area (Å²) in [7, 11) is 0. The highest BCUT2D eigenvalue weighted by molar-refractivity contribution is 9.10. The van der Waals surface area contributed by atoms with Gasteiger partial charge in [0.1, 0.15) is 5.52 Å². The van der Waals surface area contributed by atoms with Gasteiger partial charge in [-0.15, -0.1) is 0 Å². The molecule has 0 saturated heterocycles. The fraction of sp³-hybridized carbons (Fsp3) is 0.133. The zero-order valence-corrected chi connectivity index (χ0v) is 12.0. The highest BCUT2D eigenvalue weighted by atomic mass is 79.9. The number of oxazole rings is 1. The Hall–Kier alpha value is -1.81. The van der Waals surface area contributed by atoms with Gasteiger partial charge in [-0.25, -0.2) is 4.98 Å². The first-order valence-electron chi connectivity index (χ1n) is 6.05. The zero-order chi connectivity index (χ0) is 13.4. The maximum Gasteiger partial charge on any atom is 0.202 e. The quantitative estimate of drug-likeness (QED) is 0.716. The van der Waals surface area contributed by atoms with Crippen molar-refractivity contribution in [3.8, 4) is 0 Å². The second kappa shape index (κ2) is 4.70. The lowest BCUT2D eigenvalue weighted by atomic mass is 10.0. The largest absolute Gasteiger partial charge is 0.438 e. The molecule has 0 saturated carbocycles. The van der Waals surface area contributed by atoms with E-state index in [4.69, 9.17) is 10.2 Å². The molecule has 0 amide bonds. The minimum absolute atomic E-state index is 0.103. The van der Waals surface area contributed by atoms with Crippen molar-refractivity contribution < 1.29 is 4.42 Å². The van der Waals surface area contributed by atoms with Gasteiger partial charge in [0, 0.05) is 4.47 Å². The molecule has 19 heavy (non-hydrogen) atoms. The molecular weight excluding hydrogens is 304 g/mol. The molecule has 3 aromatic rings. The lowest BCUT2D eigenvalue weighted by Crippen LogP contribution is -1.95. The monoisotopic (exact) mass is 316 g/mol. The van der Waals surface area contributed by atoms with E-state index >= 15 is 0 Å². The molecule has 1 heterocycles. The van der Waals surface area contributed by atoms with Crippen LogP contribution in [0.3, 0.4) is 0 Å². The molecule has 0 fully saturated rings. The summed E-state index contributed by atoms with van der Waals surface area (Å²) in [6.45, 7) is 2.07. The van der Waals surface area contributed by atoms with E-state index in [1.165, 1.54) is 5.56 Å². The number of rotatable bonds is 2. The molecule has 0 aliphatic rings. The van der Waals surface area contributed by atoms with Crippen LogP contribution in [0.5, 0.6) is 0 Å². The number of nitrogens with two attached hydrogens (primary N) is 1. The van der Waals surface area contributed by atoms with E-state index in [2.05, 4.69) is 40.0 Å². The minimum atomic E-state index is 0.103. The van der Waals surface area contributed by atoms with Gasteiger partial charge in [-0.2, -0.15) is 0 Å². The number of fused-ring (bicyclic) bond motifs is 1. The standard InChI is InChI=1S/C15H13BrN2O/c1-9(10-5-3-2-4-6-10)15-18-13-8-11(16)7-12(17)14(13)19-15/h2-9H,17H2,1H3. The third kappa shape index (κ3) is 2.24. The molecule has 0 aliphatic heterocycles. The summed E-state index contributed by atoms with van der Waals surface area (Å²) in [4.78, 5) is 4.53. The number of benzene rings is 2. The molecule has 96 valence electrons. The highest BCUT2D eigenvalue weighted by Crippen LogP contribution is 2.31. The van der Waals surface area contributed by atoms with E-state index < -0.39 is 0 Å². The number of nitrogens with zero attached hydrogens (tertiary/aromatic N) is 1. The van der Waals surface area contributed by atoms with Crippen LogP contribution in [0.4, 0.5) is 5.69 Å². The van der Waals surface area contributed by atoms with Crippen molar-refractivity contribution in [2.75, 3.05) is 5.73 Å². The van der Waals surface area contributed by atoms with Crippen molar-refractivity contribution in [2.45, 2.75) is 12.8 Å². The van der Waals surface area contributed by atoms with Crippen molar-refractivity contribution in [3.05, 3.63) is 58.4 Å². The Kier molecular flexibility index (Phi) is 3.03. The van der Waals surface area contributed by atoms with Crippen LogP contribution in [0.1, 0.15) is 24.3 Å². The Morgan fingerprint density at radius 1 is 1.21 bits per heavy atom. The van der Waals surface area contributed by atoms with Gasteiger partial charge < -0.3 is 10.2 Å². The van der Waals surface area contributed by atoms with E-state index in [9.17, 15) is 0 Å². The number of hydrogen-bond donors (Lipinski definition) is 1. The molecule has 1 atom stereocenters. The number of hydrogen-bond acceptors (Lipinski definition) is 3. The maximum absolute atomic E-state index is 5.95. The molecule has 2 N–H and O–H groups in total. The highest BCUT2D eigenvalue weighted by Gasteiger charge is 2.16. The average molecular weight is 317 g/mol. The topological polar surface area (TPSA) is 52.0 Å². The van der Waals surface area contributed by atoms with Crippen LogP contribution >= 0.6 is 15.9 Å². The van der Waals surface area contributed by atoms with Crippen molar-refractivity contribution in [2.24, 2.45) is 0 Å². The van der Waals surface area contributed by atoms with Crippen LogP contribution in [0.2, 0.25) is 0 Å². The first-order valence-corrected chi connectivity index (χ1v) is 6.85. The van der Waals surface area contributed by atoms with E-state index in [0.717, 1.165) is 9.99 Å². The van der Waals surface area contributed by atoms with Crippen molar-refractivity contribution >= 4 is 32.7 Å². The summed E-state index contributed by atoms with van der Waals surface area (Å²) >= 11 is 3.41. The maximum atomic E-state index is 5.95. The first kappa shape index (κ1) is 12.2. The summed E-state index contributed by atoms with van der Waals surface area (Å²) < 4.78 is 6.72. The molecule has 1 unspecified atom stereocenters. The molecule has 3 rings (SSSR count). The summed E-state index contributed by atoms with van der Waals surface area (Å²) in [5.41, 5.74) is 9.15. The second-order valence-electron chi connectivity index (χ2n) is 4.53. The van der Waals surface area contributed by atoms with Gasteiger partial charge in [0.2, 0.25) is 5.89 Å². The van der Waals surface area contributed by atoms with E-state index in [0.29, 0.717) is 17.2 Å². The summed E-state index contributed by atoms with van der Waals surface area (Å²) in [5.74, 6) is 0.790. The summed E-state index contributed by atoms with van der Waals surface area (Å²) in [6.07, 6.45) is 0. The van der Waals surface area contributed by atoms with Gasteiger partial charge in [0.05, 0.1) is 11.6 Å². The van der Waals surface area contributed by atoms with Gasteiger partial charge in [-0.3, -0.25) is 0 Å². The van der Waals surface area contributed by atoms with Crippen molar-refractivity contribution in [1.29, 1.82) is 0 Å². The SMILES string of the molecule is CC(c1ccccc1)c1nc2cc(Br)cc(N)c2o1. The van der Waals surface area contributed by atoms with Crippen LogP contribution in [0.15, 0.2) is 51.4 Å². The number of anilines is 1. The van der Waals surface area contributed by atoms with Crippen molar-refractivity contribution in [3.63, 3.8) is 0 Å². The zero-order valence-electron chi connectivity index (χ0n) is 10.4. The third-order valence-corrected chi connectivity index (χ3v) is 3.63. The van der Waals surface area contributed by atoms with E-state index in [1.54, 1.807) is 0 Å². The molecule has 0 radical (unpaired) electrons. The average Bonchev–Trinajstić information content (AvgIpc) is 2.83. The molecular formula is C15H13BrN2O. The molecule has 0 aliphatic carbocycles. The number of aromatic nitrogens is 1. The molecule has 4 heteroatoms. The predicted molar refractivity (Wildman–Crippen MR) is 80.1 cm³/mol. The molecule has 3 nitrogen and oxygen atoms in total. The fourth-order valence-electron chi connectivity index (χ4n) is 2.11. The minimum Gasteiger partial charge on any atom is -0.438 e. The smallest absolute Gasteiger partial charge is 0.202 e. The van der Waals surface area contributed by atoms with Gasteiger partial charge in [0.15, 0.2) is 5.58 Å². The molecule has 1 aromatic heterocycles. The second-order valence-corrected chi connectivity index (χ2v) is 5.44. The Morgan fingerprint density at radius 2 is 1.95 bits per heavy atom. The molecule has 2 aromatic carbocycles. The van der Waals surface area contributed by atoms with E-state index in [1.807, 2.05) is 30.3 Å². The molecule has 0 spiro atoms. The lowest BCUT2D eigenvalue weighted by Gasteiger charge is -2.06. The van der Waals surface area contributed by atoms with Gasteiger partial charge in [-0.05, 0) is 24.6 Å². The van der Waals surface area contributed by atoms with Crippen LogP contribution in [0.25, 0.3) is 11.1 Å². The normalized spacial score (nSPS) is 12.7.